The highest BCUT2D eigenvalue weighted by Crippen LogP contribution is 2.27. The Morgan fingerprint density at radius 1 is 1.07 bits per heavy atom. The minimum Gasteiger partial charge on any atom is -0.394 e. The number of anilines is 1. The van der Waals surface area contributed by atoms with Crippen LogP contribution >= 0.6 is 0 Å². The van der Waals surface area contributed by atoms with Crippen molar-refractivity contribution in [3.05, 3.63) is 72.6 Å². The van der Waals surface area contributed by atoms with E-state index < -0.39 is 6.04 Å². The molecule has 9 heteroatoms. The molecule has 0 bridgehead atoms. The SMILES string of the molecule is OC[C@@H](Nc1ncc2cc(-c3ncnc4[nH]ncc34)ccc2n1)c1cccc(F)c1. The van der Waals surface area contributed by atoms with E-state index in [0.717, 1.165) is 27.5 Å². The van der Waals surface area contributed by atoms with Crippen LogP contribution in [0.15, 0.2) is 61.2 Å². The molecular weight excluding hydrogens is 385 g/mol. The Balaban J connectivity index is 1.47. The number of fused-ring (bicyclic) bond motifs is 2. The molecule has 8 nitrogen and oxygen atoms in total. The second-order valence-electron chi connectivity index (χ2n) is 6.76. The first-order chi connectivity index (χ1) is 14.7. The molecule has 3 aromatic heterocycles. The summed E-state index contributed by atoms with van der Waals surface area (Å²) in [6.45, 7) is -0.224. The highest BCUT2D eigenvalue weighted by molar-refractivity contribution is 5.93. The van der Waals surface area contributed by atoms with Gasteiger partial charge in [0.05, 0.1) is 35.4 Å². The quantitative estimate of drug-likeness (QED) is 0.414. The molecule has 2 aromatic carbocycles. The molecule has 0 saturated heterocycles. The lowest BCUT2D eigenvalue weighted by Crippen LogP contribution is -2.16. The zero-order chi connectivity index (χ0) is 20.5. The van der Waals surface area contributed by atoms with E-state index in [2.05, 4.69) is 35.5 Å². The van der Waals surface area contributed by atoms with Crippen LogP contribution in [0, 0.1) is 5.82 Å². The number of nitrogens with zero attached hydrogens (tertiary/aromatic N) is 5. The van der Waals surface area contributed by atoms with Gasteiger partial charge in [0.15, 0.2) is 5.65 Å². The number of aromatic amines is 1. The van der Waals surface area contributed by atoms with Crippen molar-refractivity contribution in [1.82, 2.24) is 30.1 Å². The van der Waals surface area contributed by atoms with E-state index in [0.29, 0.717) is 17.2 Å². The molecule has 0 aliphatic carbocycles. The number of aromatic nitrogens is 6. The molecule has 0 aliphatic rings. The maximum absolute atomic E-state index is 13.5. The fourth-order valence-electron chi connectivity index (χ4n) is 3.36. The first-order valence-corrected chi connectivity index (χ1v) is 9.25. The van der Waals surface area contributed by atoms with Crippen molar-refractivity contribution in [2.24, 2.45) is 0 Å². The predicted molar refractivity (Wildman–Crippen MR) is 110 cm³/mol. The lowest BCUT2D eigenvalue weighted by molar-refractivity contribution is 0.275. The summed E-state index contributed by atoms with van der Waals surface area (Å²) in [6.07, 6.45) is 4.88. The van der Waals surface area contributed by atoms with E-state index in [4.69, 9.17) is 0 Å². The van der Waals surface area contributed by atoms with Gasteiger partial charge in [-0.3, -0.25) is 5.10 Å². The van der Waals surface area contributed by atoms with Crippen molar-refractivity contribution < 1.29 is 9.50 Å². The van der Waals surface area contributed by atoms with Crippen LogP contribution in [0.5, 0.6) is 0 Å². The van der Waals surface area contributed by atoms with Crippen LogP contribution in [0.4, 0.5) is 10.3 Å². The molecule has 0 spiro atoms. The van der Waals surface area contributed by atoms with Crippen molar-refractivity contribution in [2.75, 3.05) is 11.9 Å². The van der Waals surface area contributed by atoms with E-state index in [9.17, 15) is 9.50 Å². The molecule has 0 amide bonds. The van der Waals surface area contributed by atoms with Crippen molar-refractivity contribution in [3.63, 3.8) is 0 Å². The van der Waals surface area contributed by atoms with Crippen LogP contribution < -0.4 is 5.32 Å². The summed E-state index contributed by atoms with van der Waals surface area (Å²) in [4.78, 5) is 17.4. The first kappa shape index (κ1) is 18.1. The third-order valence-electron chi connectivity index (χ3n) is 4.84. The maximum atomic E-state index is 13.5. The monoisotopic (exact) mass is 401 g/mol. The minimum absolute atomic E-state index is 0.224. The molecule has 3 heterocycles. The summed E-state index contributed by atoms with van der Waals surface area (Å²) in [6, 6.07) is 11.3. The van der Waals surface area contributed by atoms with Crippen molar-refractivity contribution in [2.45, 2.75) is 6.04 Å². The Hall–Kier alpha value is -3.98. The maximum Gasteiger partial charge on any atom is 0.223 e. The van der Waals surface area contributed by atoms with Gasteiger partial charge in [-0.1, -0.05) is 18.2 Å². The molecule has 0 aliphatic heterocycles. The molecule has 148 valence electrons. The van der Waals surface area contributed by atoms with Crippen LogP contribution in [0.3, 0.4) is 0 Å². The number of benzene rings is 2. The fourth-order valence-corrected chi connectivity index (χ4v) is 3.36. The normalized spacial score (nSPS) is 12.3. The topological polar surface area (TPSA) is 112 Å². The van der Waals surface area contributed by atoms with E-state index in [1.165, 1.54) is 18.5 Å². The first-order valence-electron chi connectivity index (χ1n) is 9.25. The summed E-state index contributed by atoms with van der Waals surface area (Å²) in [7, 11) is 0. The highest BCUT2D eigenvalue weighted by atomic mass is 19.1. The molecule has 0 radical (unpaired) electrons. The van der Waals surface area contributed by atoms with Crippen LogP contribution in [0.2, 0.25) is 0 Å². The number of aliphatic hydroxyl groups excluding tert-OH is 1. The van der Waals surface area contributed by atoms with Gasteiger partial charge in [-0.25, -0.2) is 24.3 Å². The summed E-state index contributed by atoms with van der Waals surface area (Å²) in [5.41, 5.74) is 3.68. The van der Waals surface area contributed by atoms with Gasteiger partial charge in [0.2, 0.25) is 5.95 Å². The second-order valence-corrected chi connectivity index (χ2v) is 6.76. The van der Waals surface area contributed by atoms with E-state index in [-0.39, 0.29) is 12.4 Å². The van der Waals surface area contributed by atoms with Crippen LogP contribution in [-0.4, -0.2) is 41.8 Å². The standard InChI is InChI=1S/C21H16FN7O/c22-15-3-1-2-12(7-15)18(10-30)28-21-23-8-14-6-13(4-5-17(14)27-21)19-16-9-26-29-20(16)25-11-24-19/h1-9,11,18,30H,10H2,(H,23,27,28)(H,24,25,26,29)/t18-/m1/s1. The van der Waals surface area contributed by atoms with E-state index in [1.807, 2.05) is 18.2 Å². The van der Waals surface area contributed by atoms with Gasteiger partial charge in [-0.05, 0) is 29.8 Å². The number of halogens is 1. The Morgan fingerprint density at radius 3 is 2.87 bits per heavy atom. The molecule has 0 fully saturated rings. The molecule has 1 atom stereocenters. The van der Waals surface area contributed by atoms with Crippen LogP contribution in [0.25, 0.3) is 33.2 Å². The molecule has 3 N–H and O–H groups in total. The van der Waals surface area contributed by atoms with Crippen LogP contribution in [0.1, 0.15) is 11.6 Å². The van der Waals surface area contributed by atoms with Gasteiger partial charge in [-0.2, -0.15) is 5.10 Å². The van der Waals surface area contributed by atoms with Crippen molar-refractivity contribution in [3.8, 4) is 11.3 Å². The molecule has 5 aromatic rings. The molecule has 0 unspecified atom stereocenters. The Morgan fingerprint density at radius 2 is 2.00 bits per heavy atom. The van der Waals surface area contributed by atoms with E-state index in [1.54, 1.807) is 24.5 Å². The number of aliphatic hydroxyl groups is 1. The Bertz CT molecular complexity index is 1350. The third kappa shape index (κ3) is 3.31. The fraction of sp³-hybridized carbons (Fsp3) is 0.0952. The number of nitrogens with one attached hydrogen (secondary N) is 2. The van der Waals surface area contributed by atoms with Crippen molar-refractivity contribution in [1.29, 1.82) is 0 Å². The number of H-pyrrole nitrogens is 1. The molecule has 30 heavy (non-hydrogen) atoms. The highest BCUT2D eigenvalue weighted by Gasteiger charge is 2.14. The van der Waals surface area contributed by atoms with Gasteiger partial charge in [0.1, 0.15) is 12.1 Å². The second kappa shape index (κ2) is 7.45. The van der Waals surface area contributed by atoms with Crippen molar-refractivity contribution >= 4 is 27.9 Å². The zero-order valence-corrected chi connectivity index (χ0v) is 15.6. The largest absolute Gasteiger partial charge is 0.394 e. The predicted octanol–water partition coefficient (Wildman–Crippen LogP) is 3.25. The zero-order valence-electron chi connectivity index (χ0n) is 15.6. The van der Waals surface area contributed by atoms with Gasteiger partial charge in [-0.15, -0.1) is 0 Å². The summed E-state index contributed by atoms with van der Waals surface area (Å²) in [5.74, 6) is -0.0195. The smallest absolute Gasteiger partial charge is 0.223 e. The van der Waals surface area contributed by atoms with Gasteiger partial charge in [0, 0.05) is 17.1 Å². The summed E-state index contributed by atoms with van der Waals surface area (Å²) in [5, 5.41) is 21.3. The minimum atomic E-state index is -0.521. The van der Waals surface area contributed by atoms with E-state index >= 15 is 0 Å². The average Bonchev–Trinajstić information content (AvgIpc) is 3.26. The molecule has 0 saturated carbocycles. The number of hydrogen-bond donors (Lipinski definition) is 3. The molecule has 5 rings (SSSR count). The summed E-state index contributed by atoms with van der Waals surface area (Å²) >= 11 is 0. The molecular formula is C21H16FN7O. The Labute approximate surface area is 169 Å². The number of hydrogen-bond acceptors (Lipinski definition) is 7. The van der Waals surface area contributed by atoms with Gasteiger partial charge in [0.25, 0.3) is 0 Å². The summed E-state index contributed by atoms with van der Waals surface area (Å²) < 4.78 is 13.5. The van der Waals surface area contributed by atoms with Crippen LogP contribution in [-0.2, 0) is 0 Å². The number of rotatable bonds is 5. The van der Waals surface area contributed by atoms with Gasteiger partial charge < -0.3 is 10.4 Å². The average molecular weight is 401 g/mol. The lowest BCUT2D eigenvalue weighted by Gasteiger charge is -2.17. The Kier molecular flexibility index (Phi) is 4.49. The lowest BCUT2D eigenvalue weighted by atomic mass is 10.1. The van der Waals surface area contributed by atoms with Gasteiger partial charge >= 0.3 is 0 Å². The third-order valence-corrected chi connectivity index (χ3v) is 4.84.